The lowest BCUT2D eigenvalue weighted by atomic mass is 9.79. The molecule has 5 heteroatoms. The first-order valence-electron chi connectivity index (χ1n) is 6.99. The molecule has 0 aromatic carbocycles. The third-order valence-corrected chi connectivity index (χ3v) is 3.11. The lowest BCUT2D eigenvalue weighted by molar-refractivity contribution is -0.138. The van der Waals surface area contributed by atoms with Crippen LogP contribution in [-0.4, -0.2) is 34.4 Å². The zero-order valence-electron chi connectivity index (χ0n) is 13.3. The molecule has 0 rings (SSSR count). The molecule has 21 heavy (non-hydrogen) atoms. The molecule has 5 nitrogen and oxygen atoms in total. The molecule has 0 spiro atoms. The number of hydrogen-bond donors (Lipinski definition) is 2. The Hall–Kier alpha value is -1.62. The van der Waals surface area contributed by atoms with Crippen LogP contribution in [0.2, 0.25) is 0 Å². The van der Waals surface area contributed by atoms with Gasteiger partial charge < -0.3 is 14.9 Å². The van der Waals surface area contributed by atoms with E-state index in [4.69, 9.17) is 9.84 Å². The van der Waals surface area contributed by atoms with Crippen LogP contribution in [0.3, 0.4) is 0 Å². The van der Waals surface area contributed by atoms with Crippen molar-refractivity contribution in [3.05, 3.63) is 24.3 Å². The SMILES string of the molecule is C=C(COC(CC(C)C)(CC(C)C)C(=C)C(=O)O)C(=O)O. The van der Waals surface area contributed by atoms with E-state index in [-0.39, 0.29) is 29.6 Å². The second-order valence-electron chi connectivity index (χ2n) is 6.17. The Morgan fingerprint density at radius 3 is 1.71 bits per heavy atom. The van der Waals surface area contributed by atoms with Crippen LogP contribution in [0.5, 0.6) is 0 Å². The van der Waals surface area contributed by atoms with Crippen LogP contribution in [0, 0.1) is 11.8 Å². The van der Waals surface area contributed by atoms with Gasteiger partial charge in [-0.1, -0.05) is 40.9 Å². The number of ether oxygens (including phenoxy) is 1. The van der Waals surface area contributed by atoms with Gasteiger partial charge >= 0.3 is 11.9 Å². The number of carboxylic acid groups (broad SMARTS) is 2. The third kappa shape index (κ3) is 6.12. The van der Waals surface area contributed by atoms with Crippen molar-refractivity contribution in [1.29, 1.82) is 0 Å². The normalized spacial score (nSPS) is 11.7. The van der Waals surface area contributed by atoms with Crippen molar-refractivity contribution in [2.24, 2.45) is 11.8 Å². The number of aliphatic carboxylic acids is 2. The van der Waals surface area contributed by atoms with Gasteiger partial charge in [0.15, 0.2) is 0 Å². The van der Waals surface area contributed by atoms with Gasteiger partial charge in [0, 0.05) is 0 Å². The first-order chi connectivity index (χ1) is 9.51. The largest absolute Gasteiger partial charge is 0.478 e. The van der Waals surface area contributed by atoms with Crippen LogP contribution in [0.25, 0.3) is 0 Å². The summed E-state index contributed by atoms with van der Waals surface area (Å²) in [6.45, 7) is 14.7. The van der Waals surface area contributed by atoms with Crippen LogP contribution in [0.4, 0.5) is 0 Å². The average Bonchev–Trinajstić information content (AvgIpc) is 2.32. The first kappa shape index (κ1) is 19.4. The van der Waals surface area contributed by atoms with Crippen LogP contribution >= 0.6 is 0 Å². The maximum absolute atomic E-state index is 11.4. The summed E-state index contributed by atoms with van der Waals surface area (Å²) < 4.78 is 5.74. The summed E-state index contributed by atoms with van der Waals surface area (Å²) in [6.07, 6.45) is 0.923. The second-order valence-corrected chi connectivity index (χ2v) is 6.17. The molecule has 0 saturated carbocycles. The lowest BCUT2D eigenvalue weighted by Gasteiger charge is -2.37. The predicted octanol–water partition coefficient (Wildman–Crippen LogP) is 3.12. The molecule has 0 aromatic heterocycles. The Balaban J connectivity index is 5.44. The molecule has 0 heterocycles. The van der Waals surface area contributed by atoms with Gasteiger partial charge in [-0.15, -0.1) is 0 Å². The van der Waals surface area contributed by atoms with Gasteiger partial charge in [-0.3, -0.25) is 0 Å². The summed E-state index contributed by atoms with van der Waals surface area (Å²) in [4.78, 5) is 22.2. The van der Waals surface area contributed by atoms with E-state index in [0.29, 0.717) is 12.8 Å². The van der Waals surface area contributed by atoms with Gasteiger partial charge in [-0.25, -0.2) is 9.59 Å². The van der Waals surface area contributed by atoms with E-state index in [1.807, 2.05) is 27.7 Å². The van der Waals surface area contributed by atoms with Gasteiger partial charge in [0.2, 0.25) is 0 Å². The lowest BCUT2D eigenvalue weighted by Crippen LogP contribution is -2.41. The van der Waals surface area contributed by atoms with E-state index in [0.717, 1.165) is 0 Å². The molecular weight excluding hydrogens is 272 g/mol. The Kier molecular flexibility index (Phi) is 7.36. The topological polar surface area (TPSA) is 83.8 Å². The number of hydrogen-bond acceptors (Lipinski definition) is 3. The molecule has 120 valence electrons. The molecule has 0 aliphatic heterocycles. The molecule has 0 amide bonds. The van der Waals surface area contributed by atoms with Crippen LogP contribution < -0.4 is 0 Å². The van der Waals surface area contributed by atoms with E-state index in [1.54, 1.807) is 0 Å². The molecule has 0 saturated heterocycles. The van der Waals surface area contributed by atoms with Gasteiger partial charge in [0.1, 0.15) is 5.60 Å². The monoisotopic (exact) mass is 298 g/mol. The molecule has 2 N–H and O–H groups in total. The quantitative estimate of drug-likeness (QED) is 0.605. The summed E-state index contributed by atoms with van der Waals surface area (Å²) >= 11 is 0. The predicted molar refractivity (Wildman–Crippen MR) is 81.1 cm³/mol. The standard InChI is InChI=1S/C16H26O5/c1-10(2)7-16(8-11(3)4,13(6)15(19)20)21-9-12(5)14(17)18/h10-11H,5-9H2,1-4H3,(H,17,18)(H,19,20). The third-order valence-electron chi connectivity index (χ3n) is 3.11. The highest BCUT2D eigenvalue weighted by Crippen LogP contribution is 2.35. The first-order valence-corrected chi connectivity index (χ1v) is 6.99. The minimum atomic E-state index is -1.15. The van der Waals surface area contributed by atoms with Crippen molar-refractivity contribution < 1.29 is 24.5 Å². The van der Waals surface area contributed by atoms with Crippen LogP contribution in [0.15, 0.2) is 24.3 Å². The molecule has 0 fully saturated rings. The van der Waals surface area contributed by atoms with E-state index in [2.05, 4.69) is 13.2 Å². The summed E-state index contributed by atoms with van der Waals surface area (Å²) in [5.41, 5.74) is -1.22. The van der Waals surface area contributed by atoms with Crippen molar-refractivity contribution in [3.63, 3.8) is 0 Å². The number of carbonyl (C=O) groups is 2. The van der Waals surface area contributed by atoms with Crippen molar-refractivity contribution >= 4 is 11.9 Å². The zero-order valence-corrected chi connectivity index (χ0v) is 13.3. The van der Waals surface area contributed by atoms with Gasteiger partial charge in [0.25, 0.3) is 0 Å². The minimum absolute atomic E-state index is 0.0388. The second kappa shape index (κ2) is 7.98. The fourth-order valence-corrected chi connectivity index (χ4v) is 2.34. The van der Waals surface area contributed by atoms with Crippen LogP contribution in [0.1, 0.15) is 40.5 Å². The molecule has 0 atom stereocenters. The van der Waals surface area contributed by atoms with E-state index in [1.165, 1.54) is 0 Å². The summed E-state index contributed by atoms with van der Waals surface area (Å²) in [5.74, 6) is -1.92. The highest BCUT2D eigenvalue weighted by atomic mass is 16.5. The Labute approximate surface area is 126 Å². The van der Waals surface area contributed by atoms with Crippen LogP contribution in [-0.2, 0) is 14.3 Å². The molecule has 0 unspecified atom stereocenters. The minimum Gasteiger partial charge on any atom is -0.478 e. The van der Waals surface area contributed by atoms with Gasteiger partial charge in [-0.2, -0.15) is 0 Å². The fourth-order valence-electron chi connectivity index (χ4n) is 2.34. The van der Waals surface area contributed by atoms with E-state index in [9.17, 15) is 14.7 Å². The number of rotatable bonds is 10. The van der Waals surface area contributed by atoms with Crippen molar-refractivity contribution in [2.45, 2.75) is 46.1 Å². The smallest absolute Gasteiger partial charge is 0.333 e. The molecule has 0 aliphatic rings. The average molecular weight is 298 g/mol. The summed E-state index contributed by atoms with van der Waals surface area (Å²) in [6, 6.07) is 0. The van der Waals surface area contributed by atoms with Crippen molar-refractivity contribution in [3.8, 4) is 0 Å². The zero-order chi connectivity index (χ0) is 16.8. The number of carboxylic acids is 2. The van der Waals surface area contributed by atoms with Gasteiger partial charge in [-0.05, 0) is 24.7 Å². The van der Waals surface area contributed by atoms with E-state index >= 15 is 0 Å². The highest BCUT2D eigenvalue weighted by molar-refractivity contribution is 5.88. The molecule has 0 bridgehead atoms. The molecular formula is C16H26O5. The Morgan fingerprint density at radius 1 is 1.00 bits per heavy atom. The maximum Gasteiger partial charge on any atom is 0.333 e. The van der Waals surface area contributed by atoms with Gasteiger partial charge in [0.05, 0.1) is 17.8 Å². The summed E-state index contributed by atoms with van der Waals surface area (Å²) in [5, 5.41) is 18.2. The summed E-state index contributed by atoms with van der Waals surface area (Å²) in [7, 11) is 0. The fraction of sp³-hybridized carbons (Fsp3) is 0.625. The van der Waals surface area contributed by atoms with E-state index < -0.39 is 17.5 Å². The molecule has 0 radical (unpaired) electrons. The maximum atomic E-state index is 11.4. The molecule has 0 aliphatic carbocycles. The molecule has 0 aromatic rings. The Morgan fingerprint density at radius 2 is 1.43 bits per heavy atom. The van der Waals surface area contributed by atoms with Crippen molar-refractivity contribution in [1.82, 2.24) is 0 Å². The van der Waals surface area contributed by atoms with Crippen molar-refractivity contribution in [2.75, 3.05) is 6.61 Å². The highest BCUT2D eigenvalue weighted by Gasteiger charge is 2.39. The Bertz CT molecular complexity index is 410.